The highest BCUT2D eigenvalue weighted by atomic mass is 16.5. The first-order valence-corrected chi connectivity index (χ1v) is 8.06. The molecule has 1 fully saturated rings. The number of aromatic nitrogens is 4. The van der Waals surface area contributed by atoms with Crippen LogP contribution < -0.4 is 4.90 Å². The molecule has 4 heterocycles. The molecule has 1 saturated heterocycles. The highest BCUT2D eigenvalue weighted by Gasteiger charge is 2.36. The molecule has 0 spiro atoms. The van der Waals surface area contributed by atoms with Gasteiger partial charge < -0.3 is 9.64 Å². The van der Waals surface area contributed by atoms with Crippen molar-refractivity contribution in [3.8, 4) is 0 Å². The first kappa shape index (κ1) is 14.6. The van der Waals surface area contributed by atoms with Crippen LogP contribution in [0.15, 0.2) is 24.5 Å². The lowest BCUT2D eigenvalue weighted by molar-refractivity contribution is -0.0669. The topological polar surface area (TPSA) is 59.3 Å². The van der Waals surface area contributed by atoms with E-state index in [2.05, 4.69) is 32.3 Å². The maximum atomic E-state index is 5.96. The van der Waals surface area contributed by atoms with Crippen LogP contribution in [0, 0.1) is 0 Å². The van der Waals surface area contributed by atoms with Crippen LogP contribution in [0.5, 0.6) is 0 Å². The van der Waals surface area contributed by atoms with E-state index in [1.807, 2.05) is 29.9 Å². The molecule has 0 saturated carbocycles. The third-order valence-corrected chi connectivity index (χ3v) is 4.69. The summed E-state index contributed by atoms with van der Waals surface area (Å²) in [6.45, 7) is 3.52. The zero-order chi connectivity index (χ0) is 15.8. The number of anilines is 1. The fourth-order valence-corrected chi connectivity index (χ4v) is 3.42. The van der Waals surface area contributed by atoms with Gasteiger partial charge in [0, 0.05) is 39.9 Å². The Morgan fingerprint density at radius 3 is 3.00 bits per heavy atom. The number of hydrogen-bond donors (Lipinski definition) is 0. The smallest absolute Gasteiger partial charge is 0.127 e. The minimum Gasteiger partial charge on any atom is -0.370 e. The van der Waals surface area contributed by atoms with Crippen molar-refractivity contribution in [2.75, 3.05) is 32.1 Å². The van der Waals surface area contributed by atoms with Crippen LogP contribution in [0.4, 0.5) is 5.82 Å². The van der Waals surface area contributed by atoms with Crippen LogP contribution >= 0.6 is 0 Å². The summed E-state index contributed by atoms with van der Waals surface area (Å²) in [5.41, 5.74) is 2.31. The molecule has 2 aromatic heterocycles. The van der Waals surface area contributed by atoms with E-state index in [9.17, 15) is 0 Å². The van der Waals surface area contributed by atoms with Gasteiger partial charge in [-0.15, -0.1) is 5.10 Å². The molecular formula is C16H22N6O. The van der Waals surface area contributed by atoms with E-state index in [1.54, 1.807) is 6.20 Å². The van der Waals surface area contributed by atoms with Crippen molar-refractivity contribution >= 4 is 5.82 Å². The fraction of sp³-hybridized carbons (Fsp3) is 0.562. The third kappa shape index (κ3) is 2.82. The van der Waals surface area contributed by atoms with Crippen molar-refractivity contribution in [2.24, 2.45) is 0 Å². The summed E-state index contributed by atoms with van der Waals surface area (Å²) in [5, 5.41) is 8.29. The Balaban J connectivity index is 1.45. The van der Waals surface area contributed by atoms with E-state index < -0.39 is 0 Å². The highest BCUT2D eigenvalue weighted by Crippen LogP contribution is 2.30. The summed E-state index contributed by atoms with van der Waals surface area (Å²) in [7, 11) is 4.01. The Morgan fingerprint density at radius 1 is 1.30 bits per heavy atom. The van der Waals surface area contributed by atoms with E-state index in [0.29, 0.717) is 6.61 Å². The zero-order valence-electron chi connectivity index (χ0n) is 13.6. The van der Waals surface area contributed by atoms with E-state index >= 15 is 0 Å². The molecule has 2 aliphatic rings. The van der Waals surface area contributed by atoms with Gasteiger partial charge in [0.15, 0.2) is 0 Å². The zero-order valence-corrected chi connectivity index (χ0v) is 13.6. The molecule has 2 atom stereocenters. The normalized spacial score (nSPS) is 24.1. The summed E-state index contributed by atoms with van der Waals surface area (Å²) in [4.78, 5) is 8.97. The molecule has 4 rings (SSSR count). The number of hydrogen-bond acceptors (Lipinski definition) is 6. The van der Waals surface area contributed by atoms with Crippen molar-refractivity contribution < 1.29 is 4.74 Å². The number of likely N-dealkylation sites (tertiary alicyclic amines) is 1. The second-order valence-corrected chi connectivity index (χ2v) is 6.53. The molecule has 122 valence electrons. The van der Waals surface area contributed by atoms with Gasteiger partial charge in [-0.3, -0.25) is 4.90 Å². The number of piperidine rings is 1. The van der Waals surface area contributed by atoms with Crippen LogP contribution in [0.3, 0.4) is 0 Å². The van der Waals surface area contributed by atoms with Crippen molar-refractivity contribution in [3.63, 3.8) is 0 Å². The summed E-state index contributed by atoms with van der Waals surface area (Å²) >= 11 is 0. The predicted molar refractivity (Wildman–Crippen MR) is 86.1 cm³/mol. The van der Waals surface area contributed by atoms with Crippen molar-refractivity contribution in [1.29, 1.82) is 0 Å². The minimum absolute atomic E-state index is 0.259. The van der Waals surface area contributed by atoms with Crippen LogP contribution in [-0.4, -0.2) is 58.2 Å². The lowest BCUT2D eigenvalue weighted by Gasteiger charge is -2.41. The fourth-order valence-electron chi connectivity index (χ4n) is 3.42. The molecule has 0 N–H and O–H groups in total. The van der Waals surface area contributed by atoms with E-state index in [1.165, 1.54) is 5.56 Å². The molecule has 7 heteroatoms. The molecular weight excluding hydrogens is 292 g/mol. The highest BCUT2D eigenvalue weighted by molar-refractivity contribution is 5.37. The number of rotatable bonds is 3. The van der Waals surface area contributed by atoms with Crippen LogP contribution in [0.2, 0.25) is 0 Å². The van der Waals surface area contributed by atoms with E-state index in [4.69, 9.17) is 4.74 Å². The Kier molecular flexibility index (Phi) is 3.74. The first-order chi connectivity index (χ1) is 11.2. The van der Waals surface area contributed by atoms with Crippen molar-refractivity contribution in [1.82, 2.24) is 24.9 Å². The molecule has 0 aliphatic carbocycles. The average Bonchev–Trinajstić information content (AvgIpc) is 3.04. The maximum Gasteiger partial charge on any atom is 0.127 e. The van der Waals surface area contributed by atoms with Gasteiger partial charge in [0.05, 0.1) is 30.6 Å². The molecule has 0 bridgehead atoms. The SMILES string of the molecule is CN(C)c1ccc(CN2CC[C@@H]3OCc4cnnn4[C@H]3C2)cn1. The summed E-state index contributed by atoms with van der Waals surface area (Å²) < 4.78 is 8.01. The van der Waals surface area contributed by atoms with Gasteiger partial charge in [0.2, 0.25) is 0 Å². The van der Waals surface area contributed by atoms with Gasteiger partial charge in [-0.2, -0.15) is 0 Å². The average molecular weight is 314 g/mol. The molecule has 0 amide bonds. The van der Waals surface area contributed by atoms with Crippen LogP contribution in [-0.2, 0) is 17.9 Å². The molecule has 7 nitrogen and oxygen atoms in total. The minimum atomic E-state index is 0.259. The largest absolute Gasteiger partial charge is 0.370 e. The number of ether oxygens (including phenoxy) is 1. The second kappa shape index (κ2) is 5.90. The Labute approximate surface area is 135 Å². The van der Waals surface area contributed by atoms with Gasteiger partial charge in [0.25, 0.3) is 0 Å². The van der Waals surface area contributed by atoms with Crippen LogP contribution in [0.1, 0.15) is 23.7 Å². The second-order valence-electron chi connectivity index (χ2n) is 6.53. The monoisotopic (exact) mass is 314 g/mol. The number of fused-ring (bicyclic) bond motifs is 3. The molecule has 0 unspecified atom stereocenters. The van der Waals surface area contributed by atoms with E-state index in [0.717, 1.165) is 37.6 Å². The molecule has 2 aliphatic heterocycles. The Hall–Kier alpha value is -1.99. The lowest BCUT2D eigenvalue weighted by Crippen LogP contribution is -2.47. The summed E-state index contributed by atoms with van der Waals surface area (Å²) in [6, 6.07) is 4.50. The Morgan fingerprint density at radius 2 is 2.22 bits per heavy atom. The van der Waals surface area contributed by atoms with Crippen LogP contribution in [0.25, 0.3) is 0 Å². The summed E-state index contributed by atoms with van der Waals surface area (Å²) in [6.07, 6.45) is 5.07. The lowest BCUT2D eigenvalue weighted by atomic mass is 10.00. The van der Waals surface area contributed by atoms with Gasteiger partial charge >= 0.3 is 0 Å². The summed E-state index contributed by atoms with van der Waals surface area (Å²) in [5.74, 6) is 0.986. The molecule has 0 aromatic carbocycles. The molecule has 0 radical (unpaired) electrons. The number of nitrogens with zero attached hydrogens (tertiary/aromatic N) is 6. The number of pyridine rings is 1. The first-order valence-electron chi connectivity index (χ1n) is 8.06. The van der Waals surface area contributed by atoms with Crippen molar-refractivity contribution in [2.45, 2.75) is 31.7 Å². The van der Waals surface area contributed by atoms with Gasteiger partial charge in [0.1, 0.15) is 5.82 Å². The standard InChI is InChI=1S/C16H22N6O/c1-20(2)16-4-3-12(7-17-16)9-21-6-5-15-14(10-21)22-13(11-23-15)8-18-19-22/h3-4,7-8,14-15H,5-6,9-11H2,1-2H3/t14-,15-/m0/s1. The van der Waals surface area contributed by atoms with Gasteiger partial charge in [-0.1, -0.05) is 11.3 Å². The van der Waals surface area contributed by atoms with Gasteiger partial charge in [-0.25, -0.2) is 9.67 Å². The van der Waals surface area contributed by atoms with Gasteiger partial charge in [-0.05, 0) is 18.1 Å². The predicted octanol–water partition coefficient (Wildman–Crippen LogP) is 1.08. The molecule has 23 heavy (non-hydrogen) atoms. The van der Waals surface area contributed by atoms with Crippen molar-refractivity contribution in [3.05, 3.63) is 35.8 Å². The maximum absolute atomic E-state index is 5.96. The molecule has 2 aromatic rings. The Bertz CT molecular complexity index is 667. The third-order valence-electron chi connectivity index (χ3n) is 4.69. The quantitative estimate of drug-likeness (QED) is 0.845. The van der Waals surface area contributed by atoms with E-state index in [-0.39, 0.29) is 12.1 Å².